The van der Waals surface area contributed by atoms with Crippen LogP contribution in [0.15, 0.2) is 29.3 Å². The second-order valence-corrected chi connectivity index (χ2v) is 8.74. The first-order chi connectivity index (χ1) is 14.2. The second kappa shape index (κ2) is 13.4. The lowest BCUT2D eigenvalue weighted by atomic mass is 9.84. The van der Waals surface area contributed by atoms with Gasteiger partial charge in [-0.15, -0.1) is 24.0 Å². The van der Waals surface area contributed by atoms with Crippen molar-refractivity contribution in [3.63, 3.8) is 0 Å². The average molecular weight is 529 g/mol. The second-order valence-electron chi connectivity index (χ2n) is 8.74. The van der Waals surface area contributed by atoms with Crippen LogP contribution in [0.2, 0.25) is 0 Å². The molecule has 1 saturated carbocycles. The normalized spacial score (nSPS) is 23.0. The molecule has 1 aromatic carbocycles. The number of anilines is 1. The van der Waals surface area contributed by atoms with Crippen molar-refractivity contribution in [3.05, 3.63) is 29.8 Å². The smallest absolute Gasteiger partial charge is 0.191 e. The van der Waals surface area contributed by atoms with Crippen LogP contribution >= 0.6 is 24.0 Å². The summed E-state index contributed by atoms with van der Waals surface area (Å²) in [5.41, 5.74) is 2.53. The Kier molecular flexibility index (Phi) is 11.3. The number of halogens is 1. The molecule has 1 heterocycles. The van der Waals surface area contributed by atoms with E-state index in [9.17, 15) is 5.11 Å². The minimum Gasteiger partial charge on any atom is -0.396 e. The van der Waals surface area contributed by atoms with Gasteiger partial charge in [0.1, 0.15) is 0 Å². The monoisotopic (exact) mass is 528 g/mol. The van der Waals surface area contributed by atoms with E-state index >= 15 is 0 Å². The molecule has 2 aliphatic rings. The van der Waals surface area contributed by atoms with Crippen molar-refractivity contribution in [1.82, 2.24) is 10.6 Å². The molecule has 0 unspecified atom stereocenters. The van der Waals surface area contributed by atoms with E-state index in [1.807, 2.05) is 0 Å². The van der Waals surface area contributed by atoms with Crippen LogP contribution < -0.4 is 15.5 Å². The van der Waals surface area contributed by atoms with Crippen molar-refractivity contribution in [3.8, 4) is 0 Å². The third kappa shape index (κ3) is 7.59. The van der Waals surface area contributed by atoms with Gasteiger partial charge in [-0.25, -0.2) is 4.99 Å². The van der Waals surface area contributed by atoms with Gasteiger partial charge >= 0.3 is 0 Å². The summed E-state index contributed by atoms with van der Waals surface area (Å²) in [7, 11) is 0. The SMILES string of the molecule is CCNC(=NCc1ccc(N2CCC(CO)CC2)cc1)NC1CCC(CC)CC1.I. The molecule has 1 aliphatic heterocycles. The van der Waals surface area contributed by atoms with E-state index < -0.39 is 0 Å². The van der Waals surface area contributed by atoms with Gasteiger partial charge in [-0.05, 0) is 75.0 Å². The van der Waals surface area contributed by atoms with Gasteiger partial charge in [-0.2, -0.15) is 0 Å². The quantitative estimate of drug-likeness (QED) is 0.277. The van der Waals surface area contributed by atoms with E-state index in [0.29, 0.717) is 25.1 Å². The predicted octanol–water partition coefficient (Wildman–Crippen LogP) is 4.54. The number of benzene rings is 1. The van der Waals surface area contributed by atoms with E-state index in [2.05, 4.69) is 53.6 Å². The number of aliphatic hydroxyl groups is 1. The molecule has 5 nitrogen and oxygen atoms in total. The summed E-state index contributed by atoms with van der Waals surface area (Å²) in [6, 6.07) is 9.40. The Hall–Kier alpha value is -1.02. The van der Waals surface area contributed by atoms with E-state index in [1.165, 1.54) is 43.4 Å². The fourth-order valence-corrected chi connectivity index (χ4v) is 4.58. The largest absolute Gasteiger partial charge is 0.396 e. The molecule has 6 heteroatoms. The number of aliphatic imine (C=N–C) groups is 1. The summed E-state index contributed by atoms with van der Waals surface area (Å²) in [5.74, 6) is 2.34. The molecule has 2 fully saturated rings. The summed E-state index contributed by atoms with van der Waals surface area (Å²) in [6.07, 6.45) is 8.67. The molecular formula is C24H41IN4O. The van der Waals surface area contributed by atoms with Crippen LogP contribution in [0.3, 0.4) is 0 Å². The summed E-state index contributed by atoms with van der Waals surface area (Å²) in [4.78, 5) is 7.26. The number of nitrogens with one attached hydrogen (secondary N) is 2. The lowest BCUT2D eigenvalue weighted by Gasteiger charge is -2.33. The Morgan fingerprint density at radius 1 is 1.00 bits per heavy atom. The Morgan fingerprint density at radius 2 is 1.67 bits per heavy atom. The fourth-order valence-electron chi connectivity index (χ4n) is 4.58. The molecule has 1 saturated heterocycles. The zero-order valence-corrected chi connectivity index (χ0v) is 21.1. The van der Waals surface area contributed by atoms with Gasteiger partial charge in [-0.1, -0.05) is 25.5 Å². The minimum absolute atomic E-state index is 0. The summed E-state index contributed by atoms with van der Waals surface area (Å²) >= 11 is 0. The standard InChI is InChI=1S/C24H40N4O.HI/c1-3-19-5-9-22(10-6-19)27-24(25-4-2)26-17-20-7-11-23(12-8-20)28-15-13-21(18-29)14-16-28;/h7-8,11-12,19,21-22,29H,3-6,9-10,13-18H2,1-2H3,(H2,25,26,27);1H. The molecule has 0 radical (unpaired) electrons. The molecule has 170 valence electrons. The molecule has 1 aliphatic carbocycles. The third-order valence-electron chi connectivity index (χ3n) is 6.70. The first kappa shape index (κ1) is 25.2. The number of guanidine groups is 1. The maximum atomic E-state index is 9.31. The van der Waals surface area contributed by atoms with Crippen LogP contribution in [0.5, 0.6) is 0 Å². The van der Waals surface area contributed by atoms with Crippen molar-refractivity contribution in [2.75, 3.05) is 31.1 Å². The van der Waals surface area contributed by atoms with E-state index in [-0.39, 0.29) is 24.0 Å². The highest BCUT2D eigenvalue weighted by atomic mass is 127. The molecule has 3 N–H and O–H groups in total. The Morgan fingerprint density at radius 3 is 2.23 bits per heavy atom. The Labute approximate surface area is 200 Å². The molecular weight excluding hydrogens is 487 g/mol. The van der Waals surface area contributed by atoms with Crippen molar-refractivity contribution in [2.24, 2.45) is 16.8 Å². The van der Waals surface area contributed by atoms with E-state index in [0.717, 1.165) is 44.4 Å². The van der Waals surface area contributed by atoms with Gasteiger partial charge in [0, 0.05) is 38.0 Å². The topological polar surface area (TPSA) is 59.9 Å². The van der Waals surface area contributed by atoms with Crippen molar-refractivity contribution in [1.29, 1.82) is 0 Å². The minimum atomic E-state index is 0. The van der Waals surface area contributed by atoms with Crippen LogP contribution in [0.1, 0.15) is 64.4 Å². The highest BCUT2D eigenvalue weighted by molar-refractivity contribution is 14.0. The van der Waals surface area contributed by atoms with E-state index in [4.69, 9.17) is 4.99 Å². The zero-order chi connectivity index (χ0) is 20.5. The zero-order valence-electron chi connectivity index (χ0n) is 18.8. The molecule has 1 aromatic rings. The molecule has 0 spiro atoms. The maximum absolute atomic E-state index is 9.31. The van der Waals surface area contributed by atoms with Crippen molar-refractivity contribution >= 4 is 35.6 Å². The Bertz CT molecular complexity index is 621. The number of hydrogen-bond acceptors (Lipinski definition) is 3. The van der Waals surface area contributed by atoms with Gasteiger partial charge in [0.2, 0.25) is 0 Å². The molecule has 0 atom stereocenters. The number of hydrogen-bond donors (Lipinski definition) is 3. The lowest BCUT2D eigenvalue weighted by Crippen LogP contribution is -2.44. The van der Waals surface area contributed by atoms with Gasteiger partial charge in [0.25, 0.3) is 0 Å². The third-order valence-corrected chi connectivity index (χ3v) is 6.70. The first-order valence-electron chi connectivity index (χ1n) is 11.7. The first-order valence-corrected chi connectivity index (χ1v) is 11.7. The average Bonchev–Trinajstić information content (AvgIpc) is 2.78. The molecule has 0 bridgehead atoms. The summed E-state index contributed by atoms with van der Waals surface area (Å²) in [5, 5.41) is 16.4. The molecule has 0 aromatic heterocycles. The van der Waals surface area contributed by atoms with Crippen LogP contribution in [-0.2, 0) is 6.54 Å². The van der Waals surface area contributed by atoms with Gasteiger partial charge in [0.05, 0.1) is 6.54 Å². The highest BCUT2D eigenvalue weighted by Crippen LogP contribution is 2.26. The van der Waals surface area contributed by atoms with Crippen LogP contribution in [0, 0.1) is 11.8 Å². The number of piperidine rings is 1. The number of aliphatic hydroxyl groups excluding tert-OH is 1. The van der Waals surface area contributed by atoms with Gasteiger partial charge in [0.15, 0.2) is 5.96 Å². The van der Waals surface area contributed by atoms with Crippen molar-refractivity contribution in [2.45, 2.75) is 71.4 Å². The number of nitrogens with zero attached hydrogens (tertiary/aromatic N) is 2. The molecule has 3 rings (SSSR count). The summed E-state index contributed by atoms with van der Waals surface area (Å²) in [6.45, 7) is 8.43. The van der Waals surface area contributed by atoms with Crippen LogP contribution in [-0.4, -0.2) is 43.3 Å². The maximum Gasteiger partial charge on any atom is 0.191 e. The van der Waals surface area contributed by atoms with Gasteiger partial charge < -0.3 is 20.6 Å². The Balaban J connectivity index is 0.00000320. The van der Waals surface area contributed by atoms with E-state index in [1.54, 1.807) is 0 Å². The van der Waals surface area contributed by atoms with Crippen LogP contribution in [0.25, 0.3) is 0 Å². The fraction of sp³-hybridized carbons (Fsp3) is 0.708. The lowest BCUT2D eigenvalue weighted by molar-refractivity contribution is 0.203. The highest BCUT2D eigenvalue weighted by Gasteiger charge is 2.21. The number of rotatable bonds is 7. The molecule has 0 amide bonds. The van der Waals surface area contributed by atoms with Gasteiger partial charge in [-0.3, -0.25) is 0 Å². The molecule has 30 heavy (non-hydrogen) atoms. The predicted molar refractivity (Wildman–Crippen MR) is 138 cm³/mol. The van der Waals surface area contributed by atoms with Crippen molar-refractivity contribution < 1.29 is 5.11 Å². The summed E-state index contributed by atoms with van der Waals surface area (Å²) < 4.78 is 0. The van der Waals surface area contributed by atoms with Crippen LogP contribution in [0.4, 0.5) is 5.69 Å².